The summed E-state index contributed by atoms with van der Waals surface area (Å²) < 4.78 is 10.9. The van der Waals surface area contributed by atoms with E-state index in [0.29, 0.717) is 12.2 Å². The first kappa shape index (κ1) is 14.5. The van der Waals surface area contributed by atoms with Crippen LogP contribution in [-0.2, 0) is 10.8 Å². The van der Waals surface area contributed by atoms with Crippen LogP contribution in [0.4, 0.5) is 0 Å². The molecule has 3 N–H and O–H groups in total. The highest BCUT2D eigenvalue weighted by molar-refractivity contribution is 7.84. The van der Waals surface area contributed by atoms with E-state index < -0.39 is 16.7 Å². The second kappa shape index (κ2) is 6.39. The maximum absolute atomic E-state index is 11.8. The molecule has 0 saturated carbocycles. The summed E-state index contributed by atoms with van der Waals surface area (Å²) in [6.07, 6.45) is 2.17. The number of hydrogen-bond acceptors (Lipinski definition) is 4. The molecule has 0 bridgehead atoms. The van der Waals surface area contributed by atoms with Gasteiger partial charge in [-0.3, -0.25) is 9.00 Å². The Kier molecular flexibility index (Phi) is 5.15. The number of benzene rings is 1. The van der Waals surface area contributed by atoms with Gasteiger partial charge in [0.25, 0.3) is 5.91 Å². The average Bonchev–Trinajstić information content (AvgIpc) is 2.26. The van der Waals surface area contributed by atoms with Crippen LogP contribution in [0.1, 0.15) is 23.7 Å². The van der Waals surface area contributed by atoms with E-state index in [9.17, 15) is 19.2 Å². The summed E-state index contributed by atoms with van der Waals surface area (Å²) in [7, 11) is -0.904. The maximum atomic E-state index is 11.8. The van der Waals surface area contributed by atoms with Gasteiger partial charge in [-0.15, -0.1) is 0 Å². The Hall–Kier alpha value is -1.56. The SMILES string of the molecule is CC(CCS(C)=O)NC(=O)c1c(O)cccc1O. The highest BCUT2D eigenvalue weighted by Crippen LogP contribution is 2.25. The third kappa shape index (κ3) is 4.03. The van der Waals surface area contributed by atoms with Gasteiger partial charge in [-0.05, 0) is 25.5 Å². The highest BCUT2D eigenvalue weighted by atomic mass is 32.2. The van der Waals surface area contributed by atoms with Gasteiger partial charge in [-0.2, -0.15) is 0 Å². The summed E-state index contributed by atoms with van der Waals surface area (Å²) in [5, 5.41) is 21.7. The molecule has 18 heavy (non-hydrogen) atoms. The molecule has 5 nitrogen and oxygen atoms in total. The molecule has 100 valence electrons. The first-order valence-electron chi connectivity index (χ1n) is 5.53. The molecule has 6 heteroatoms. The van der Waals surface area contributed by atoms with Gasteiger partial charge in [0.15, 0.2) is 0 Å². The number of phenolic OH excluding ortho intramolecular Hbond substituents is 2. The lowest BCUT2D eigenvalue weighted by atomic mass is 10.1. The summed E-state index contributed by atoms with van der Waals surface area (Å²) >= 11 is 0. The predicted molar refractivity (Wildman–Crippen MR) is 70.3 cm³/mol. The van der Waals surface area contributed by atoms with Crippen LogP contribution in [-0.4, -0.2) is 38.4 Å². The van der Waals surface area contributed by atoms with E-state index in [1.165, 1.54) is 18.2 Å². The van der Waals surface area contributed by atoms with Crippen molar-refractivity contribution >= 4 is 16.7 Å². The molecule has 1 rings (SSSR count). The van der Waals surface area contributed by atoms with Crippen molar-refractivity contribution in [3.63, 3.8) is 0 Å². The zero-order valence-corrected chi connectivity index (χ0v) is 11.2. The van der Waals surface area contributed by atoms with Crippen molar-refractivity contribution in [2.75, 3.05) is 12.0 Å². The van der Waals surface area contributed by atoms with Crippen LogP contribution in [0, 0.1) is 0 Å². The summed E-state index contributed by atoms with van der Waals surface area (Å²) in [6, 6.07) is 3.94. The van der Waals surface area contributed by atoms with E-state index in [2.05, 4.69) is 5.32 Å². The van der Waals surface area contributed by atoms with Gasteiger partial charge in [0.2, 0.25) is 0 Å². The number of amides is 1. The lowest BCUT2D eigenvalue weighted by Crippen LogP contribution is -2.33. The lowest BCUT2D eigenvalue weighted by Gasteiger charge is -2.14. The topological polar surface area (TPSA) is 86.6 Å². The molecular weight excluding hydrogens is 254 g/mol. The largest absolute Gasteiger partial charge is 0.507 e. The Morgan fingerprint density at radius 3 is 2.44 bits per heavy atom. The minimum atomic E-state index is -0.904. The van der Waals surface area contributed by atoms with Crippen molar-refractivity contribution in [2.24, 2.45) is 0 Å². The molecule has 0 radical (unpaired) electrons. The molecule has 0 aliphatic rings. The third-order valence-corrected chi connectivity index (χ3v) is 3.27. The predicted octanol–water partition coefficient (Wildman–Crippen LogP) is 0.985. The van der Waals surface area contributed by atoms with Crippen LogP contribution in [0.2, 0.25) is 0 Å². The molecule has 2 atom stereocenters. The number of rotatable bonds is 5. The van der Waals surface area contributed by atoms with Gasteiger partial charge in [-0.1, -0.05) is 6.07 Å². The molecule has 0 saturated heterocycles. The van der Waals surface area contributed by atoms with Crippen LogP contribution < -0.4 is 5.32 Å². The van der Waals surface area contributed by atoms with Gasteiger partial charge in [0.1, 0.15) is 17.1 Å². The van der Waals surface area contributed by atoms with Gasteiger partial charge < -0.3 is 15.5 Å². The molecule has 0 fully saturated rings. The molecule has 0 aromatic heterocycles. The number of aromatic hydroxyl groups is 2. The monoisotopic (exact) mass is 271 g/mol. The van der Waals surface area contributed by atoms with E-state index >= 15 is 0 Å². The standard InChI is InChI=1S/C12H17NO4S/c1-8(6-7-18(2)17)13-12(16)11-9(14)4-3-5-10(11)15/h3-5,8,14-15H,6-7H2,1-2H3,(H,13,16). The van der Waals surface area contributed by atoms with Crippen molar-refractivity contribution in [2.45, 2.75) is 19.4 Å². The number of carbonyl (C=O) groups excluding carboxylic acids is 1. The van der Waals surface area contributed by atoms with Crippen molar-refractivity contribution in [3.8, 4) is 11.5 Å². The van der Waals surface area contributed by atoms with Crippen molar-refractivity contribution in [1.82, 2.24) is 5.32 Å². The van der Waals surface area contributed by atoms with Crippen LogP contribution in [0.25, 0.3) is 0 Å². The minimum Gasteiger partial charge on any atom is -0.507 e. The summed E-state index contributed by atoms with van der Waals surface area (Å²) in [5.41, 5.74) is -0.137. The quantitative estimate of drug-likeness (QED) is 0.745. The average molecular weight is 271 g/mol. The Balaban J connectivity index is 2.68. The third-order valence-electron chi connectivity index (χ3n) is 2.46. The zero-order valence-electron chi connectivity index (χ0n) is 10.3. The summed E-state index contributed by atoms with van der Waals surface area (Å²) in [4.78, 5) is 11.8. The fourth-order valence-corrected chi connectivity index (χ4v) is 2.16. The molecule has 1 aromatic rings. The van der Waals surface area contributed by atoms with Crippen LogP contribution in [0.3, 0.4) is 0 Å². The molecule has 0 spiro atoms. The van der Waals surface area contributed by atoms with E-state index in [1.54, 1.807) is 13.2 Å². The molecule has 0 heterocycles. The van der Waals surface area contributed by atoms with Gasteiger partial charge in [-0.25, -0.2) is 0 Å². The van der Waals surface area contributed by atoms with Crippen LogP contribution >= 0.6 is 0 Å². The first-order valence-corrected chi connectivity index (χ1v) is 7.26. The Bertz CT molecular complexity index is 441. The Morgan fingerprint density at radius 1 is 1.39 bits per heavy atom. The maximum Gasteiger partial charge on any atom is 0.259 e. The van der Waals surface area contributed by atoms with E-state index in [4.69, 9.17) is 0 Å². The second-order valence-corrected chi connectivity index (χ2v) is 5.67. The number of phenols is 2. The molecule has 1 amide bonds. The van der Waals surface area contributed by atoms with Crippen molar-refractivity contribution < 1.29 is 19.2 Å². The number of carbonyl (C=O) groups is 1. The molecule has 0 aliphatic carbocycles. The van der Waals surface area contributed by atoms with Gasteiger partial charge in [0, 0.05) is 28.9 Å². The molecule has 2 unspecified atom stereocenters. The molecular formula is C12H17NO4S. The molecule has 1 aromatic carbocycles. The van der Waals surface area contributed by atoms with E-state index in [-0.39, 0.29) is 23.1 Å². The summed E-state index contributed by atoms with van der Waals surface area (Å²) in [5.74, 6) is -0.577. The zero-order chi connectivity index (χ0) is 13.7. The fourth-order valence-electron chi connectivity index (χ4n) is 1.47. The van der Waals surface area contributed by atoms with Crippen LogP contribution in [0.5, 0.6) is 11.5 Å². The van der Waals surface area contributed by atoms with Crippen molar-refractivity contribution in [3.05, 3.63) is 23.8 Å². The lowest BCUT2D eigenvalue weighted by molar-refractivity contribution is 0.0934. The number of hydrogen-bond donors (Lipinski definition) is 3. The van der Waals surface area contributed by atoms with E-state index in [0.717, 1.165) is 0 Å². The fraction of sp³-hybridized carbons (Fsp3) is 0.417. The van der Waals surface area contributed by atoms with E-state index in [1.807, 2.05) is 0 Å². The second-order valence-electron chi connectivity index (χ2n) is 4.11. The Morgan fingerprint density at radius 2 is 1.94 bits per heavy atom. The van der Waals surface area contributed by atoms with Crippen LogP contribution in [0.15, 0.2) is 18.2 Å². The normalized spacial score (nSPS) is 13.9. The molecule has 0 aliphatic heterocycles. The Labute approximate surface area is 108 Å². The smallest absolute Gasteiger partial charge is 0.259 e. The minimum absolute atomic E-state index is 0.137. The van der Waals surface area contributed by atoms with Gasteiger partial charge >= 0.3 is 0 Å². The highest BCUT2D eigenvalue weighted by Gasteiger charge is 2.17. The first-order chi connectivity index (χ1) is 8.41. The van der Waals surface area contributed by atoms with Gasteiger partial charge in [0.05, 0.1) is 0 Å². The number of nitrogens with one attached hydrogen (secondary N) is 1. The van der Waals surface area contributed by atoms with Crippen molar-refractivity contribution in [1.29, 1.82) is 0 Å². The summed E-state index contributed by atoms with van der Waals surface area (Å²) in [6.45, 7) is 1.78.